The van der Waals surface area contributed by atoms with Crippen LogP contribution in [-0.2, 0) is 0 Å². The first-order valence-electron chi connectivity index (χ1n) is 10.5. The van der Waals surface area contributed by atoms with Gasteiger partial charge in [-0.3, -0.25) is 0 Å². The Morgan fingerprint density at radius 3 is 1.43 bits per heavy atom. The second-order valence-electron chi connectivity index (χ2n) is 7.31. The predicted molar refractivity (Wildman–Crippen MR) is 109 cm³/mol. The summed E-state index contributed by atoms with van der Waals surface area (Å²) in [7, 11) is 0. The highest BCUT2D eigenvalue weighted by Crippen LogP contribution is 2.15. The molecule has 0 fully saturated rings. The lowest BCUT2D eigenvalue weighted by molar-refractivity contribution is 0.250. The number of hydrogen-bond donors (Lipinski definition) is 1. The summed E-state index contributed by atoms with van der Waals surface area (Å²) in [5.41, 5.74) is 0. The van der Waals surface area contributed by atoms with Crippen LogP contribution in [0.2, 0.25) is 0 Å². The minimum Gasteiger partial charge on any atom is -0.396 e. The Balaban J connectivity index is 2.97. The lowest BCUT2D eigenvalue weighted by Gasteiger charge is -2.07. The highest BCUT2D eigenvalue weighted by molar-refractivity contribution is 7.99. The molecule has 0 radical (unpaired) electrons. The van der Waals surface area contributed by atoms with E-state index in [1.807, 2.05) is 11.8 Å². The molecule has 0 rings (SSSR count). The molecule has 1 unspecified atom stereocenters. The molecule has 0 aromatic heterocycles. The van der Waals surface area contributed by atoms with Gasteiger partial charge in [0.1, 0.15) is 0 Å². The molecular weight excluding hydrogens is 300 g/mol. The fourth-order valence-electron chi connectivity index (χ4n) is 2.91. The van der Waals surface area contributed by atoms with Gasteiger partial charge in [0, 0.05) is 6.61 Å². The first-order chi connectivity index (χ1) is 11.3. The Morgan fingerprint density at radius 1 is 0.652 bits per heavy atom. The van der Waals surface area contributed by atoms with Crippen LogP contribution in [0, 0.1) is 5.92 Å². The number of rotatable bonds is 19. The molecule has 0 saturated heterocycles. The summed E-state index contributed by atoms with van der Waals surface area (Å²) in [5.74, 6) is 2.87. The molecule has 140 valence electrons. The summed E-state index contributed by atoms with van der Waals surface area (Å²) in [6.45, 7) is 4.75. The first-order valence-corrected chi connectivity index (χ1v) is 11.6. The van der Waals surface area contributed by atoms with Crippen molar-refractivity contribution in [2.75, 3.05) is 18.1 Å². The average molecular weight is 345 g/mol. The third-order valence-electron chi connectivity index (χ3n) is 4.61. The standard InChI is InChI=1S/C21H44OS/c1-3-4-5-6-7-8-9-10-11-12-13-14-15-16-17-18-23-20-21(2)19-22/h21-22H,3-20H2,1-2H3. The van der Waals surface area contributed by atoms with Gasteiger partial charge in [-0.05, 0) is 23.8 Å². The highest BCUT2D eigenvalue weighted by Gasteiger charge is 1.99. The van der Waals surface area contributed by atoms with Crippen molar-refractivity contribution in [1.82, 2.24) is 0 Å². The Morgan fingerprint density at radius 2 is 1.04 bits per heavy atom. The smallest absolute Gasteiger partial charge is 0.0464 e. The molecule has 0 spiro atoms. The topological polar surface area (TPSA) is 20.2 Å². The SMILES string of the molecule is CCCCCCCCCCCCCCCCCSCC(C)CO. The molecule has 0 aliphatic carbocycles. The second-order valence-corrected chi connectivity index (χ2v) is 8.46. The van der Waals surface area contributed by atoms with E-state index in [2.05, 4.69) is 13.8 Å². The lowest BCUT2D eigenvalue weighted by atomic mass is 10.0. The predicted octanol–water partition coefficient (Wildman–Crippen LogP) is 7.22. The van der Waals surface area contributed by atoms with Crippen molar-refractivity contribution in [1.29, 1.82) is 0 Å². The largest absolute Gasteiger partial charge is 0.396 e. The van der Waals surface area contributed by atoms with Crippen LogP contribution in [0.5, 0.6) is 0 Å². The van der Waals surface area contributed by atoms with Crippen molar-refractivity contribution in [2.45, 2.75) is 110 Å². The molecule has 1 atom stereocenters. The van der Waals surface area contributed by atoms with Crippen molar-refractivity contribution in [3.05, 3.63) is 0 Å². The van der Waals surface area contributed by atoms with E-state index in [-0.39, 0.29) is 0 Å². The Bertz CT molecular complexity index is 208. The Hall–Kier alpha value is 0.310. The van der Waals surface area contributed by atoms with Gasteiger partial charge in [0.2, 0.25) is 0 Å². The summed E-state index contributed by atoms with van der Waals surface area (Å²) in [5, 5.41) is 8.96. The summed E-state index contributed by atoms with van der Waals surface area (Å²) in [4.78, 5) is 0. The third-order valence-corrected chi connectivity index (χ3v) is 5.99. The molecular formula is C21H44OS. The summed E-state index contributed by atoms with van der Waals surface area (Å²) < 4.78 is 0. The van der Waals surface area contributed by atoms with Gasteiger partial charge in [-0.15, -0.1) is 0 Å². The monoisotopic (exact) mass is 344 g/mol. The van der Waals surface area contributed by atoms with Gasteiger partial charge in [-0.1, -0.05) is 104 Å². The van der Waals surface area contributed by atoms with Gasteiger partial charge in [0.05, 0.1) is 0 Å². The number of unbranched alkanes of at least 4 members (excludes halogenated alkanes) is 14. The molecule has 0 saturated carbocycles. The van der Waals surface area contributed by atoms with E-state index in [1.165, 1.54) is 102 Å². The van der Waals surface area contributed by atoms with Crippen LogP contribution in [0.3, 0.4) is 0 Å². The minimum atomic E-state index is 0.339. The number of aliphatic hydroxyl groups excluding tert-OH is 1. The van der Waals surface area contributed by atoms with Gasteiger partial charge >= 0.3 is 0 Å². The molecule has 0 amide bonds. The number of aliphatic hydroxyl groups is 1. The molecule has 23 heavy (non-hydrogen) atoms. The molecule has 2 heteroatoms. The van der Waals surface area contributed by atoms with Gasteiger partial charge in [0.15, 0.2) is 0 Å². The van der Waals surface area contributed by atoms with Crippen molar-refractivity contribution in [3.63, 3.8) is 0 Å². The number of hydrogen-bond acceptors (Lipinski definition) is 2. The summed E-state index contributed by atoms with van der Waals surface area (Å²) in [6, 6.07) is 0. The van der Waals surface area contributed by atoms with Gasteiger partial charge in [-0.2, -0.15) is 11.8 Å². The molecule has 1 nitrogen and oxygen atoms in total. The van der Waals surface area contributed by atoms with Gasteiger partial charge < -0.3 is 5.11 Å². The van der Waals surface area contributed by atoms with Crippen LogP contribution in [0.25, 0.3) is 0 Å². The second kappa shape index (κ2) is 20.4. The van der Waals surface area contributed by atoms with Crippen LogP contribution in [-0.4, -0.2) is 23.2 Å². The fourth-order valence-corrected chi connectivity index (χ4v) is 4.00. The lowest BCUT2D eigenvalue weighted by Crippen LogP contribution is -2.03. The molecule has 0 aromatic rings. The van der Waals surface area contributed by atoms with E-state index in [0.717, 1.165) is 5.75 Å². The maximum atomic E-state index is 8.96. The van der Waals surface area contributed by atoms with Gasteiger partial charge in [0.25, 0.3) is 0 Å². The zero-order valence-corrected chi connectivity index (χ0v) is 17.0. The van der Waals surface area contributed by atoms with Crippen molar-refractivity contribution >= 4 is 11.8 Å². The summed E-state index contributed by atoms with van der Waals surface area (Å²) in [6.07, 6.45) is 21.6. The Kier molecular flexibility index (Phi) is 20.6. The molecule has 0 bridgehead atoms. The first kappa shape index (κ1) is 23.3. The van der Waals surface area contributed by atoms with E-state index >= 15 is 0 Å². The van der Waals surface area contributed by atoms with E-state index in [1.54, 1.807) is 0 Å². The molecule has 0 heterocycles. The maximum Gasteiger partial charge on any atom is 0.0464 e. The van der Waals surface area contributed by atoms with Crippen molar-refractivity contribution < 1.29 is 5.11 Å². The summed E-state index contributed by atoms with van der Waals surface area (Å²) >= 11 is 2.01. The van der Waals surface area contributed by atoms with Crippen LogP contribution in [0.15, 0.2) is 0 Å². The van der Waals surface area contributed by atoms with Crippen molar-refractivity contribution in [3.8, 4) is 0 Å². The van der Waals surface area contributed by atoms with Crippen molar-refractivity contribution in [2.24, 2.45) is 5.92 Å². The highest BCUT2D eigenvalue weighted by atomic mass is 32.2. The molecule has 0 aromatic carbocycles. The molecule has 0 aliphatic heterocycles. The maximum absolute atomic E-state index is 8.96. The Labute approximate surface area is 151 Å². The molecule has 0 aliphatic rings. The van der Waals surface area contributed by atoms with E-state index in [4.69, 9.17) is 5.11 Å². The number of thioether (sulfide) groups is 1. The fraction of sp³-hybridized carbons (Fsp3) is 1.00. The van der Waals surface area contributed by atoms with Crippen LogP contribution in [0.1, 0.15) is 110 Å². The van der Waals surface area contributed by atoms with E-state index < -0.39 is 0 Å². The third kappa shape index (κ3) is 20.3. The minimum absolute atomic E-state index is 0.339. The van der Waals surface area contributed by atoms with Gasteiger partial charge in [-0.25, -0.2) is 0 Å². The van der Waals surface area contributed by atoms with Crippen LogP contribution >= 0.6 is 11.8 Å². The quantitative estimate of drug-likeness (QED) is 0.250. The van der Waals surface area contributed by atoms with Crippen LogP contribution in [0.4, 0.5) is 0 Å². The normalized spacial score (nSPS) is 12.7. The zero-order chi connectivity index (χ0) is 17.0. The van der Waals surface area contributed by atoms with E-state index in [0.29, 0.717) is 12.5 Å². The van der Waals surface area contributed by atoms with E-state index in [9.17, 15) is 0 Å². The zero-order valence-electron chi connectivity index (χ0n) is 16.2. The molecule has 1 N–H and O–H groups in total. The van der Waals surface area contributed by atoms with Crippen LogP contribution < -0.4 is 0 Å². The average Bonchev–Trinajstić information content (AvgIpc) is 2.57.